The molecule has 1 heterocycles. The molecule has 92 valence electrons. The van der Waals surface area contributed by atoms with Crippen LogP contribution in [-0.2, 0) is 0 Å². The molecular formula is C11H11BrO5. The molecular weight excluding hydrogens is 292 g/mol. The first-order chi connectivity index (χ1) is 8.15. The fourth-order valence-electron chi connectivity index (χ4n) is 1.48. The number of carbonyl (C=O) groups is 1. The fraction of sp³-hybridized carbons (Fsp3) is 0.364. The van der Waals surface area contributed by atoms with Gasteiger partial charge in [0, 0.05) is 6.07 Å². The highest BCUT2D eigenvalue weighted by molar-refractivity contribution is 9.10. The van der Waals surface area contributed by atoms with Crippen molar-refractivity contribution in [2.24, 2.45) is 0 Å². The number of benzene rings is 1. The van der Waals surface area contributed by atoms with Crippen molar-refractivity contribution in [2.45, 2.75) is 13.3 Å². The minimum absolute atomic E-state index is 0.0767. The summed E-state index contributed by atoms with van der Waals surface area (Å²) in [5.74, 6) is 0.197. The van der Waals surface area contributed by atoms with Crippen molar-refractivity contribution in [1.82, 2.24) is 0 Å². The molecule has 1 aromatic rings. The predicted octanol–water partition coefficient (Wildman–Crippen LogP) is 2.66. The van der Waals surface area contributed by atoms with Crippen molar-refractivity contribution in [2.75, 3.05) is 13.4 Å². The van der Waals surface area contributed by atoms with Gasteiger partial charge >= 0.3 is 5.97 Å². The molecule has 0 bridgehead atoms. The molecule has 6 heteroatoms. The van der Waals surface area contributed by atoms with E-state index in [0.29, 0.717) is 28.3 Å². The van der Waals surface area contributed by atoms with Crippen LogP contribution in [0.25, 0.3) is 0 Å². The van der Waals surface area contributed by atoms with Crippen LogP contribution < -0.4 is 14.2 Å². The van der Waals surface area contributed by atoms with Crippen LogP contribution in [0.1, 0.15) is 23.7 Å². The van der Waals surface area contributed by atoms with Gasteiger partial charge < -0.3 is 19.3 Å². The zero-order valence-corrected chi connectivity index (χ0v) is 10.7. The van der Waals surface area contributed by atoms with E-state index in [1.165, 1.54) is 6.07 Å². The maximum atomic E-state index is 11.1. The minimum atomic E-state index is -1.04. The molecule has 5 nitrogen and oxygen atoms in total. The third kappa shape index (κ3) is 2.17. The highest BCUT2D eigenvalue weighted by Crippen LogP contribution is 2.47. The first-order valence-electron chi connectivity index (χ1n) is 5.13. The summed E-state index contributed by atoms with van der Waals surface area (Å²) in [6.07, 6.45) is 0.819. The summed E-state index contributed by atoms with van der Waals surface area (Å²) < 4.78 is 16.3. The van der Waals surface area contributed by atoms with Crippen LogP contribution in [0, 0.1) is 0 Å². The molecule has 0 unspecified atom stereocenters. The predicted molar refractivity (Wildman–Crippen MR) is 63.0 cm³/mol. The quantitative estimate of drug-likeness (QED) is 0.926. The maximum absolute atomic E-state index is 11.1. The molecule has 0 saturated heterocycles. The van der Waals surface area contributed by atoms with Gasteiger partial charge in [-0.05, 0) is 22.4 Å². The van der Waals surface area contributed by atoms with Crippen molar-refractivity contribution in [3.05, 3.63) is 16.1 Å². The molecule has 17 heavy (non-hydrogen) atoms. The van der Waals surface area contributed by atoms with Crippen LogP contribution in [0.4, 0.5) is 0 Å². The lowest BCUT2D eigenvalue weighted by atomic mass is 10.2. The lowest BCUT2D eigenvalue weighted by Crippen LogP contribution is -2.03. The van der Waals surface area contributed by atoms with Crippen molar-refractivity contribution < 1.29 is 24.1 Å². The van der Waals surface area contributed by atoms with E-state index in [9.17, 15) is 4.79 Å². The number of hydrogen-bond donors (Lipinski definition) is 1. The number of hydrogen-bond acceptors (Lipinski definition) is 4. The van der Waals surface area contributed by atoms with Crippen LogP contribution in [-0.4, -0.2) is 24.5 Å². The standard InChI is InChI=1S/C11H11BrO5/c1-2-3-15-10-8(12)6(11(13)14)4-7-9(10)17-5-16-7/h4H,2-3,5H2,1H3,(H,13,14). The molecule has 0 atom stereocenters. The van der Waals surface area contributed by atoms with E-state index in [0.717, 1.165) is 6.42 Å². The zero-order chi connectivity index (χ0) is 12.4. The van der Waals surface area contributed by atoms with Crippen molar-refractivity contribution in [3.8, 4) is 17.2 Å². The topological polar surface area (TPSA) is 65.0 Å². The smallest absolute Gasteiger partial charge is 0.337 e. The SMILES string of the molecule is CCCOc1c(Br)c(C(=O)O)cc2c1OCO2. The Morgan fingerprint density at radius 1 is 1.59 bits per heavy atom. The summed E-state index contributed by atoms with van der Waals surface area (Å²) in [4.78, 5) is 11.1. The summed E-state index contributed by atoms with van der Waals surface area (Å²) in [6, 6.07) is 1.42. The van der Waals surface area contributed by atoms with Gasteiger partial charge in [-0.3, -0.25) is 0 Å². The first kappa shape index (κ1) is 12.0. The molecule has 1 aliphatic heterocycles. The number of carboxylic acid groups (broad SMARTS) is 1. The van der Waals surface area contributed by atoms with Gasteiger partial charge in [0.1, 0.15) is 0 Å². The lowest BCUT2D eigenvalue weighted by molar-refractivity contribution is 0.0695. The second kappa shape index (κ2) is 4.83. The molecule has 0 aliphatic carbocycles. The molecule has 2 rings (SSSR count). The Morgan fingerprint density at radius 2 is 2.35 bits per heavy atom. The highest BCUT2D eigenvalue weighted by atomic mass is 79.9. The second-order valence-electron chi connectivity index (χ2n) is 3.45. The summed E-state index contributed by atoms with van der Waals surface area (Å²) in [5.41, 5.74) is 0.0975. The number of carboxylic acids is 1. The summed E-state index contributed by atoms with van der Waals surface area (Å²) >= 11 is 3.22. The molecule has 0 aromatic heterocycles. The van der Waals surface area contributed by atoms with E-state index in [2.05, 4.69) is 15.9 Å². The van der Waals surface area contributed by atoms with Gasteiger partial charge in [-0.1, -0.05) is 6.92 Å². The average Bonchev–Trinajstić information content (AvgIpc) is 2.74. The third-order valence-electron chi connectivity index (χ3n) is 2.24. The van der Waals surface area contributed by atoms with Crippen LogP contribution in [0.5, 0.6) is 17.2 Å². The summed E-state index contributed by atoms with van der Waals surface area (Å²) in [7, 11) is 0. The van der Waals surface area contributed by atoms with E-state index in [1.54, 1.807) is 0 Å². The molecule has 0 spiro atoms. The van der Waals surface area contributed by atoms with Gasteiger partial charge in [-0.2, -0.15) is 0 Å². The van der Waals surface area contributed by atoms with E-state index in [4.69, 9.17) is 19.3 Å². The van der Waals surface area contributed by atoms with E-state index in [1.807, 2.05) is 6.92 Å². The molecule has 0 saturated carbocycles. The molecule has 1 N–H and O–H groups in total. The van der Waals surface area contributed by atoms with Gasteiger partial charge in [0.05, 0.1) is 16.6 Å². The number of ether oxygens (including phenoxy) is 3. The van der Waals surface area contributed by atoms with Crippen molar-refractivity contribution in [3.63, 3.8) is 0 Å². The average molecular weight is 303 g/mol. The van der Waals surface area contributed by atoms with Crippen LogP contribution in [0.3, 0.4) is 0 Å². The Hall–Kier alpha value is -1.43. The number of rotatable bonds is 4. The Kier molecular flexibility index (Phi) is 3.42. The fourth-order valence-corrected chi connectivity index (χ4v) is 2.06. The molecule has 0 amide bonds. The van der Waals surface area contributed by atoms with Crippen LogP contribution in [0.15, 0.2) is 10.5 Å². The summed E-state index contributed by atoms with van der Waals surface area (Å²) in [5, 5.41) is 9.06. The Labute approximate surface area is 106 Å². The van der Waals surface area contributed by atoms with Crippen LogP contribution in [0.2, 0.25) is 0 Å². The summed E-state index contributed by atoms with van der Waals surface area (Å²) in [6.45, 7) is 2.53. The normalized spacial score (nSPS) is 12.6. The van der Waals surface area contributed by atoms with E-state index < -0.39 is 5.97 Å². The first-order valence-corrected chi connectivity index (χ1v) is 5.92. The number of fused-ring (bicyclic) bond motifs is 1. The molecule has 1 aliphatic rings. The zero-order valence-electron chi connectivity index (χ0n) is 9.16. The monoisotopic (exact) mass is 302 g/mol. The Bertz CT molecular complexity index is 458. The largest absolute Gasteiger partial charge is 0.488 e. The number of aromatic carboxylic acids is 1. The Morgan fingerprint density at radius 3 is 3.00 bits per heavy atom. The minimum Gasteiger partial charge on any atom is -0.488 e. The molecule has 0 radical (unpaired) electrons. The maximum Gasteiger partial charge on any atom is 0.337 e. The van der Waals surface area contributed by atoms with Gasteiger partial charge in [0.25, 0.3) is 0 Å². The van der Waals surface area contributed by atoms with Gasteiger partial charge in [0.15, 0.2) is 11.5 Å². The van der Waals surface area contributed by atoms with Gasteiger partial charge in [-0.25, -0.2) is 4.79 Å². The van der Waals surface area contributed by atoms with Gasteiger partial charge in [-0.15, -0.1) is 0 Å². The van der Waals surface area contributed by atoms with Crippen LogP contribution >= 0.6 is 15.9 Å². The third-order valence-corrected chi connectivity index (χ3v) is 3.03. The van der Waals surface area contributed by atoms with Gasteiger partial charge in [0.2, 0.25) is 12.5 Å². The van der Waals surface area contributed by atoms with E-state index >= 15 is 0 Å². The molecule has 0 fully saturated rings. The highest BCUT2D eigenvalue weighted by Gasteiger charge is 2.26. The molecule has 1 aromatic carbocycles. The van der Waals surface area contributed by atoms with E-state index in [-0.39, 0.29) is 12.4 Å². The second-order valence-corrected chi connectivity index (χ2v) is 4.25. The van der Waals surface area contributed by atoms with Crippen molar-refractivity contribution in [1.29, 1.82) is 0 Å². The Balaban J connectivity index is 2.50. The lowest BCUT2D eigenvalue weighted by Gasteiger charge is -2.11. The van der Waals surface area contributed by atoms with Crippen molar-refractivity contribution >= 4 is 21.9 Å². The number of halogens is 1.